The molecule has 1 fully saturated rings. The van der Waals surface area contributed by atoms with E-state index in [0.717, 1.165) is 112 Å². The van der Waals surface area contributed by atoms with Crippen LogP contribution in [0.25, 0.3) is 133 Å². The molecule has 0 radical (unpaired) electrons. The molecule has 12 heteroatoms. The van der Waals surface area contributed by atoms with Crippen molar-refractivity contribution in [2.75, 3.05) is 0 Å². The summed E-state index contributed by atoms with van der Waals surface area (Å²) in [4.78, 5) is 28.9. The Bertz CT molecular complexity index is 5360. The molecule has 0 saturated carbocycles. The number of aromatic nitrogens is 8. The Hall–Kier alpha value is -10.9. The first kappa shape index (κ1) is 57.5. The number of rotatable bonds is 8. The summed E-state index contributed by atoms with van der Waals surface area (Å²) in [7, 11) is -0.364. The van der Waals surface area contributed by atoms with Gasteiger partial charge in [0.2, 0.25) is 5.28 Å². The van der Waals surface area contributed by atoms with Crippen molar-refractivity contribution in [2.45, 2.75) is 38.9 Å². The Labute approximate surface area is 538 Å². The van der Waals surface area contributed by atoms with Gasteiger partial charge in [0.1, 0.15) is 11.6 Å². The summed E-state index contributed by atoms with van der Waals surface area (Å²) in [6.07, 6.45) is 0. The molecule has 1 saturated heterocycles. The van der Waals surface area contributed by atoms with Crippen LogP contribution in [-0.2, 0) is 9.31 Å². The monoisotopic (exact) mass is 1210 g/mol. The Morgan fingerprint density at radius 1 is 0.326 bits per heavy atom. The van der Waals surface area contributed by atoms with E-state index < -0.39 is 0 Å². The van der Waals surface area contributed by atoms with E-state index in [2.05, 4.69) is 259 Å². The number of hydrogen-bond donors (Lipinski definition) is 0. The first-order valence-corrected chi connectivity index (χ1v) is 31.2. The largest absolute Gasteiger partial charge is 0.494 e. The summed E-state index contributed by atoms with van der Waals surface area (Å²) in [6, 6.07) is 99.5. The molecule has 1 aliphatic heterocycles. The van der Waals surface area contributed by atoms with Gasteiger partial charge in [-0.15, -0.1) is 0 Å². The lowest BCUT2D eigenvalue weighted by atomic mass is 9.79. The van der Waals surface area contributed by atoms with Crippen LogP contribution < -0.4 is 5.46 Å². The van der Waals surface area contributed by atoms with Gasteiger partial charge < -0.3 is 9.31 Å². The predicted octanol–water partition coefficient (Wildman–Crippen LogP) is 19.2. The standard InChI is InChI=1S/C37H24N4.C25H25BN2O2.C18H11ClN2/c1-2-13-28(14-3-1)41-34-20-9-8-19-33(34)39-37(41)27-23-21-26(22-24-27)36-38-32-18-7-6-16-31(32)35(40-36)30-17-10-12-25-11-4-5-15-29(25)30;1-24(2)25(3,4)30-26(29-24)19-16-14-18(15-17-19)23-27-21-12-8-9-13-22(21)28(23)20-10-6-5-7-11-20;19-18-20-16-11-4-3-9-15(16)17(21-18)14-10-5-7-12-6-1-2-8-13(12)14/h1-24H;5-17H,1-4H3;1-11H. The van der Waals surface area contributed by atoms with Crippen LogP contribution in [0.2, 0.25) is 5.28 Å². The van der Waals surface area contributed by atoms with Gasteiger partial charge >= 0.3 is 7.12 Å². The van der Waals surface area contributed by atoms with E-state index in [-0.39, 0.29) is 23.6 Å². The van der Waals surface area contributed by atoms with Crippen LogP contribution in [0.4, 0.5) is 0 Å². The van der Waals surface area contributed by atoms with Gasteiger partial charge in [-0.3, -0.25) is 9.13 Å². The zero-order valence-corrected chi connectivity index (χ0v) is 51.8. The quantitative estimate of drug-likeness (QED) is 0.109. The van der Waals surface area contributed by atoms with Gasteiger partial charge in [-0.1, -0.05) is 231 Å². The molecule has 0 N–H and O–H groups in total. The Kier molecular flexibility index (Phi) is 15.1. The first-order valence-electron chi connectivity index (χ1n) is 30.8. The zero-order chi connectivity index (χ0) is 62.3. The molecule has 17 rings (SSSR count). The van der Waals surface area contributed by atoms with Crippen LogP contribution in [0.15, 0.2) is 291 Å². The van der Waals surface area contributed by atoms with Crippen molar-refractivity contribution in [1.82, 2.24) is 39.0 Å². The Morgan fingerprint density at radius 2 is 0.707 bits per heavy atom. The molecule has 0 aliphatic carbocycles. The van der Waals surface area contributed by atoms with Crippen LogP contribution in [0.5, 0.6) is 0 Å². The summed E-state index contributed by atoms with van der Waals surface area (Å²) >= 11 is 6.10. The lowest BCUT2D eigenvalue weighted by Crippen LogP contribution is -2.41. The van der Waals surface area contributed by atoms with Crippen molar-refractivity contribution in [3.8, 4) is 68.1 Å². The van der Waals surface area contributed by atoms with Crippen molar-refractivity contribution in [1.29, 1.82) is 0 Å². The van der Waals surface area contributed by atoms with Crippen LogP contribution >= 0.6 is 11.6 Å². The number of imidazole rings is 2. The summed E-state index contributed by atoms with van der Waals surface area (Å²) in [5.74, 6) is 2.53. The second-order valence-corrected chi connectivity index (χ2v) is 24.1. The van der Waals surface area contributed by atoms with Crippen molar-refractivity contribution in [3.05, 3.63) is 296 Å². The molecule has 12 aromatic carbocycles. The number of para-hydroxylation sites is 8. The molecular formula is C80H60BClN8O2. The summed E-state index contributed by atoms with van der Waals surface area (Å²) in [5, 5.41) is 7.06. The fraction of sp³-hybridized carbons (Fsp3) is 0.0750. The smallest absolute Gasteiger partial charge is 0.399 e. The normalized spacial score (nSPS) is 13.3. The second-order valence-electron chi connectivity index (χ2n) is 23.8. The van der Waals surface area contributed by atoms with Gasteiger partial charge in [0.15, 0.2) is 5.82 Å². The Morgan fingerprint density at radius 3 is 1.21 bits per heavy atom. The van der Waals surface area contributed by atoms with E-state index >= 15 is 0 Å². The summed E-state index contributed by atoms with van der Waals surface area (Å²) in [6.45, 7) is 8.29. The summed E-state index contributed by atoms with van der Waals surface area (Å²) in [5.41, 5.74) is 15.4. The highest BCUT2D eigenvalue weighted by Gasteiger charge is 2.51. The average Bonchev–Trinajstić information content (AvgIpc) is 1.63. The van der Waals surface area contributed by atoms with E-state index in [9.17, 15) is 0 Å². The highest BCUT2D eigenvalue weighted by atomic mass is 35.5. The molecule has 16 aromatic rings. The molecule has 4 aromatic heterocycles. The molecule has 442 valence electrons. The molecule has 0 unspecified atom stereocenters. The van der Waals surface area contributed by atoms with E-state index in [0.29, 0.717) is 5.82 Å². The van der Waals surface area contributed by atoms with Crippen LogP contribution in [-0.4, -0.2) is 57.4 Å². The van der Waals surface area contributed by atoms with E-state index in [1.165, 1.54) is 21.5 Å². The van der Waals surface area contributed by atoms with Gasteiger partial charge in [0.25, 0.3) is 0 Å². The maximum Gasteiger partial charge on any atom is 0.494 e. The second kappa shape index (κ2) is 24.1. The minimum Gasteiger partial charge on any atom is -0.399 e. The lowest BCUT2D eigenvalue weighted by molar-refractivity contribution is 0.00578. The molecule has 5 heterocycles. The summed E-state index contributed by atoms with van der Waals surface area (Å²) < 4.78 is 16.8. The maximum absolute atomic E-state index is 6.19. The van der Waals surface area contributed by atoms with Crippen molar-refractivity contribution in [2.24, 2.45) is 0 Å². The molecule has 10 nitrogen and oxygen atoms in total. The molecule has 0 atom stereocenters. The van der Waals surface area contributed by atoms with Crippen molar-refractivity contribution < 1.29 is 9.31 Å². The third-order valence-corrected chi connectivity index (χ3v) is 17.7. The van der Waals surface area contributed by atoms with Crippen molar-refractivity contribution >= 4 is 89.6 Å². The topological polar surface area (TPSA) is 106 Å². The number of benzene rings is 12. The molecule has 0 amide bonds. The van der Waals surface area contributed by atoms with E-state index in [4.69, 9.17) is 40.8 Å². The fourth-order valence-corrected chi connectivity index (χ4v) is 12.4. The highest BCUT2D eigenvalue weighted by molar-refractivity contribution is 6.62. The zero-order valence-electron chi connectivity index (χ0n) is 51.1. The van der Waals surface area contributed by atoms with E-state index in [1.807, 2.05) is 78.9 Å². The predicted molar refractivity (Wildman–Crippen MR) is 378 cm³/mol. The maximum atomic E-state index is 6.19. The molecule has 0 spiro atoms. The third kappa shape index (κ3) is 10.9. The third-order valence-electron chi connectivity index (χ3n) is 17.5. The Balaban J connectivity index is 0.000000121. The lowest BCUT2D eigenvalue weighted by Gasteiger charge is -2.32. The molecular weight excluding hydrogens is 1150 g/mol. The van der Waals surface area contributed by atoms with Gasteiger partial charge in [-0.25, -0.2) is 29.9 Å². The van der Waals surface area contributed by atoms with E-state index in [1.54, 1.807) is 0 Å². The number of halogens is 1. The van der Waals surface area contributed by atoms with Gasteiger partial charge in [0, 0.05) is 50.0 Å². The van der Waals surface area contributed by atoms with Crippen molar-refractivity contribution in [3.63, 3.8) is 0 Å². The highest BCUT2D eigenvalue weighted by Crippen LogP contribution is 2.39. The SMILES string of the molecule is CC1(C)OB(c2ccc(-c3nc4ccccc4n3-c3ccccc3)cc2)OC1(C)C.Clc1nc(-c2cccc3ccccc23)c2ccccc2n1.c1ccc(-n2c(-c3ccc(-c4nc(-c5cccc6ccccc56)c5ccccc5n4)cc3)nc3ccccc32)cc1. The van der Waals surface area contributed by atoms with Crippen LogP contribution in [0.1, 0.15) is 27.7 Å². The molecule has 92 heavy (non-hydrogen) atoms. The minimum atomic E-state index is -0.364. The molecule has 1 aliphatic rings. The van der Waals surface area contributed by atoms with Gasteiger partial charge in [0.05, 0.1) is 55.7 Å². The first-order chi connectivity index (χ1) is 45.0. The molecule has 0 bridgehead atoms. The number of fused-ring (bicyclic) bond motifs is 6. The number of hydrogen-bond acceptors (Lipinski definition) is 8. The minimum absolute atomic E-state index is 0.275. The van der Waals surface area contributed by atoms with Crippen LogP contribution in [0, 0.1) is 0 Å². The average molecular weight is 1210 g/mol. The van der Waals surface area contributed by atoms with Crippen LogP contribution in [0.3, 0.4) is 0 Å². The fourth-order valence-electron chi connectivity index (χ4n) is 12.2. The number of nitrogens with zero attached hydrogens (tertiary/aromatic N) is 8. The van der Waals surface area contributed by atoms with Gasteiger partial charge in [-0.05, 0) is 127 Å². The van der Waals surface area contributed by atoms with Gasteiger partial charge in [-0.2, -0.15) is 0 Å².